The fourth-order valence-electron chi connectivity index (χ4n) is 1.31. The van der Waals surface area contributed by atoms with Gasteiger partial charge in [-0.2, -0.15) is 0 Å². The fraction of sp³-hybridized carbons (Fsp3) is 0.417. The lowest BCUT2D eigenvalue weighted by Crippen LogP contribution is -2.41. The van der Waals surface area contributed by atoms with E-state index in [1.54, 1.807) is 0 Å². The lowest BCUT2D eigenvalue weighted by molar-refractivity contribution is -0.138. The van der Waals surface area contributed by atoms with Crippen LogP contribution in [0, 0.1) is 0 Å². The number of carbonyl (C=O) groups excluding carboxylic acids is 1. The van der Waals surface area contributed by atoms with Crippen LogP contribution in [0.2, 0.25) is 0 Å². The van der Waals surface area contributed by atoms with Crippen molar-refractivity contribution in [2.45, 2.75) is 24.9 Å². The van der Waals surface area contributed by atoms with Crippen molar-refractivity contribution >= 4 is 6.29 Å². The highest BCUT2D eigenvalue weighted by Crippen LogP contribution is 2.07. The number of aldehydes is 1. The summed E-state index contributed by atoms with van der Waals surface area (Å²) < 4.78 is 5.17. The van der Waals surface area contributed by atoms with Gasteiger partial charge in [-0.15, -0.1) is 0 Å². The molecule has 0 saturated heterocycles. The van der Waals surface area contributed by atoms with E-state index in [0.717, 1.165) is 5.56 Å². The van der Waals surface area contributed by atoms with Gasteiger partial charge >= 0.3 is 0 Å². The normalized spacial score (nSPS) is 16.2. The van der Waals surface area contributed by atoms with Crippen LogP contribution in [0.3, 0.4) is 0 Å². The van der Waals surface area contributed by atoms with E-state index in [2.05, 4.69) is 0 Å². The average Bonchev–Trinajstić information content (AvgIpc) is 2.39. The Balaban J connectivity index is 2.50. The Morgan fingerprint density at radius 2 is 1.88 bits per heavy atom. The molecule has 0 aromatic heterocycles. The summed E-state index contributed by atoms with van der Waals surface area (Å²) in [6.45, 7) is -0.473. The van der Waals surface area contributed by atoms with Crippen LogP contribution in [0.5, 0.6) is 0 Å². The Morgan fingerprint density at radius 1 is 1.24 bits per heavy atom. The molecule has 5 heteroatoms. The Kier molecular flexibility index (Phi) is 5.79. The molecule has 94 valence electrons. The van der Waals surface area contributed by atoms with Crippen LogP contribution in [0.1, 0.15) is 5.56 Å². The molecule has 5 nitrogen and oxygen atoms in total. The van der Waals surface area contributed by atoms with Gasteiger partial charge in [0, 0.05) is 0 Å². The topological polar surface area (TPSA) is 87.0 Å². The maximum atomic E-state index is 10.7. The highest BCUT2D eigenvalue weighted by atomic mass is 16.5. The quantitative estimate of drug-likeness (QED) is 0.558. The largest absolute Gasteiger partial charge is 0.394 e. The van der Waals surface area contributed by atoms with Gasteiger partial charge < -0.3 is 24.9 Å². The van der Waals surface area contributed by atoms with Crippen molar-refractivity contribution in [3.05, 3.63) is 35.9 Å². The molecule has 17 heavy (non-hydrogen) atoms. The second-order valence-corrected chi connectivity index (χ2v) is 3.64. The van der Waals surface area contributed by atoms with Crippen LogP contribution < -0.4 is 0 Å². The lowest BCUT2D eigenvalue weighted by Gasteiger charge is -2.21. The third kappa shape index (κ3) is 4.24. The van der Waals surface area contributed by atoms with E-state index in [4.69, 9.17) is 9.84 Å². The standard InChI is InChI=1S/C12H16O5/c13-6-10(15)12(16)11(7-14)17-8-9-4-2-1-3-5-9/h1-5,7,10-13,15-16H,6,8H2/t10-,11+,12+/m1/s1. The second kappa shape index (κ2) is 7.13. The molecule has 0 saturated carbocycles. The molecule has 1 rings (SSSR count). The summed E-state index contributed by atoms with van der Waals surface area (Å²) >= 11 is 0. The Hall–Kier alpha value is -1.27. The van der Waals surface area contributed by atoms with Gasteiger partial charge in [-0.25, -0.2) is 0 Å². The Bertz CT molecular complexity index is 327. The first-order chi connectivity index (χ1) is 8.19. The van der Waals surface area contributed by atoms with Crippen molar-refractivity contribution < 1.29 is 24.9 Å². The molecule has 1 aromatic carbocycles. The average molecular weight is 240 g/mol. The van der Waals surface area contributed by atoms with E-state index >= 15 is 0 Å². The first-order valence-electron chi connectivity index (χ1n) is 5.27. The fourth-order valence-corrected chi connectivity index (χ4v) is 1.31. The first-order valence-corrected chi connectivity index (χ1v) is 5.27. The molecule has 0 amide bonds. The predicted octanol–water partition coefficient (Wildman–Crippen LogP) is -0.515. The molecule has 0 unspecified atom stereocenters. The van der Waals surface area contributed by atoms with Crippen LogP contribution in [0.4, 0.5) is 0 Å². The maximum Gasteiger partial charge on any atom is 0.151 e. The zero-order valence-electron chi connectivity index (χ0n) is 9.27. The van der Waals surface area contributed by atoms with Crippen molar-refractivity contribution in [3.8, 4) is 0 Å². The van der Waals surface area contributed by atoms with E-state index in [9.17, 15) is 15.0 Å². The maximum absolute atomic E-state index is 10.7. The van der Waals surface area contributed by atoms with Gasteiger partial charge in [0.05, 0.1) is 13.2 Å². The highest BCUT2D eigenvalue weighted by molar-refractivity contribution is 5.57. The van der Waals surface area contributed by atoms with Gasteiger partial charge in [0.15, 0.2) is 6.29 Å². The second-order valence-electron chi connectivity index (χ2n) is 3.64. The summed E-state index contributed by atoms with van der Waals surface area (Å²) in [6, 6.07) is 9.14. The van der Waals surface area contributed by atoms with Gasteiger partial charge in [0.25, 0.3) is 0 Å². The molecule has 0 fully saturated rings. The van der Waals surface area contributed by atoms with Crippen LogP contribution >= 0.6 is 0 Å². The van der Waals surface area contributed by atoms with E-state index < -0.39 is 24.9 Å². The van der Waals surface area contributed by atoms with Crippen molar-refractivity contribution in [2.75, 3.05) is 6.61 Å². The number of aliphatic hydroxyl groups is 3. The summed E-state index contributed by atoms with van der Waals surface area (Å²) in [5, 5.41) is 27.3. The predicted molar refractivity (Wildman–Crippen MR) is 60.2 cm³/mol. The van der Waals surface area contributed by atoms with E-state index in [1.165, 1.54) is 0 Å². The van der Waals surface area contributed by atoms with Gasteiger partial charge in [-0.1, -0.05) is 30.3 Å². The highest BCUT2D eigenvalue weighted by Gasteiger charge is 2.26. The third-order valence-electron chi connectivity index (χ3n) is 2.34. The molecule has 1 aromatic rings. The van der Waals surface area contributed by atoms with Crippen LogP contribution in [0.25, 0.3) is 0 Å². The van der Waals surface area contributed by atoms with Crippen LogP contribution in [-0.2, 0) is 16.1 Å². The minimum absolute atomic E-state index is 0.152. The van der Waals surface area contributed by atoms with Crippen LogP contribution in [0.15, 0.2) is 30.3 Å². The minimum atomic E-state index is -1.43. The molecule has 0 aliphatic carbocycles. The summed E-state index contributed by atoms with van der Waals surface area (Å²) in [6.07, 6.45) is -3.56. The summed E-state index contributed by atoms with van der Waals surface area (Å²) in [7, 11) is 0. The van der Waals surface area contributed by atoms with Gasteiger partial charge in [0.2, 0.25) is 0 Å². The van der Waals surface area contributed by atoms with Gasteiger partial charge in [-0.05, 0) is 5.56 Å². The van der Waals surface area contributed by atoms with E-state index in [-0.39, 0.29) is 6.61 Å². The zero-order chi connectivity index (χ0) is 12.7. The van der Waals surface area contributed by atoms with Crippen LogP contribution in [-0.4, -0.2) is 46.5 Å². The summed E-state index contributed by atoms with van der Waals surface area (Å²) in [5.41, 5.74) is 0.852. The molecule has 0 bridgehead atoms. The number of ether oxygens (including phenoxy) is 1. The van der Waals surface area contributed by atoms with Crippen molar-refractivity contribution in [2.24, 2.45) is 0 Å². The Morgan fingerprint density at radius 3 is 2.41 bits per heavy atom. The zero-order valence-corrected chi connectivity index (χ0v) is 9.27. The number of benzene rings is 1. The Labute approximate surface area is 99.3 Å². The molecule has 0 aliphatic heterocycles. The summed E-state index contributed by atoms with van der Waals surface area (Å²) in [5.74, 6) is 0. The van der Waals surface area contributed by atoms with Crippen molar-refractivity contribution in [3.63, 3.8) is 0 Å². The molecule has 3 atom stereocenters. The number of rotatable bonds is 7. The molecule has 0 spiro atoms. The lowest BCUT2D eigenvalue weighted by atomic mass is 10.1. The van der Waals surface area contributed by atoms with Crippen molar-refractivity contribution in [1.29, 1.82) is 0 Å². The van der Waals surface area contributed by atoms with E-state index in [1.807, 2.05) is 30.3 Å². The number of hydrogen-bond donors (Lipinski definition) is 3. The molecule has 3 N–H and O–H groups in total. The van der Waals surface area contributed by atoms with Crippen molar-refractivity contribution in [1.82, 2.24) is 0 Å². The molecule has 0 heterocycles. The first kappa shape index (κ1) is 13.8. The molecular formula is C12H16O5. The number of carbonyl (C=O) groups is 1. The molecule has 0 aliphatic rings. The monoisotopic (exact) mass is 240 g/mol. The van der Waals surface area contributed by atoms with Gasteiger partial charge in [-0.3, -0.25) is 0 Å². The van der Waals surface area contributed by atoms with E-state index in [0.29, 0.717) is 6.29 Å². The number of hydrogen-bond acceptors (Lipinski definition) is 5. The smallest absolute Gasteiger partial charge is 0.151 e. The molecular weight excluding hydrogens is 224 g/mol. The summed E-state index contributed by atoms with van der Waals surface area (Å²) in [4.78, 5) is 10.7. The number of aliphatic hydroxyl groups excluding tert-OH is 3. The minimum Gasteiger partial charge on any atom is -0.394 e. The SMILES string of the molecule is O=C[C@H](OCc1ccccc1)[C@@H](O)[C@H](O)CO. The third-order valence-corrected chi connectivity index (χ3v) is 2.34. The molecule has 0 radical (unpaired) electrons. The van der Waals surface area contributed by atoms with Gasteiger partial charge in [0.1, 0.15) is 18.3 Å².